The average Bonchev–Trinajstić information content (AvgIpc) is 2.33. The van der Waals surface area contributed by atoms with Crippen molar-refractivity contribution in [3.8, 4) is 0 Å². The van der Waals surface area contributed by atoms with Gasteiger partial charge >= 0.3 is 27.4 Å². The molecule has 1 aliphatic rings. The molecule has 2 amide bonds. The zero-order valence-electron chi connectivity index (χ0n) is 7.00. The maximum absolute atomic E-state index is 11.8. The molecule has 0 spiro atoms. The van der Waals surface area contributed by atoms with E-state index in [0.29, 0.717) is 0 Å². The van der Waals surface area contributed by atoms with Crippen LogP contribution in [0.2, 0.25) is 0 Å². The Kier molecular flexibility index (Phi) is 2.85. The van der Waals surface area contributed by atoms with Gasteiger partial charge in [-0.05, 0) is 5.06 Å². The van der Waals surface area contributed by atoms with Crippen LogP contribution in [0, 0.1) is 0 Å². The summed E-state index contributed by atoms with van der Waals surface area (Å²) in [7, 11) is -5.93. The molecular formula is C5H5F3NO5S+. The lowest BCUT2D eigenvalue weighted by molar-refractivity contribution is -0.922. The molecule has 1 heterocycles. The van der Waals surface area contributed by atoms with E-state index < -0.39 is 32.5 Å². The van der Waals surface area contributed by atoms with E-state index in [2.05, 4.69) is 4.28 Å². The quantitative estimate of drug-likeness (QED) is 0.475. The number of imide groups is 1. The van der Waals surface area contributed by atoms with Gasteiger partial charge in [0.25, 0.3) is 0 Å². The van der Waals surface area contributed by atoms with Gasteiger partial charge in [-0.25, -0.2) is 9.59 Å². The van der Waals surface area contributed by atoms with Crippen molar-refractivity contribution < 1.29 is 40.5 Å². The maximum atomic E-state index is 11.8. The molecule has 1 aliphatic heterocycles. The summed E-state index contributed by atoms with van der Waals surface area (Å²) in [4.78, 5) is 21.5. The highest BCUT2D eigenvalue weighted by molar-refractivity contribution is 7.87. The monoisotopic (exact) mass is 248 g/mol. The highest BCUT2D eigenvalue weighted by Crippen LogP contribution is 2.23. The molecular weight excluding hydrogens is 243 g/mol. The van der Waals surface area contributed by atoms with Crippen molar-refractivity contribution >= 4 is 21.9 Å². The number of rotatable bonds is 2. The second kappa shape index (κ2) is 3.54. The Hall–Kier alpha value is -1.00. The summed E-state index contributed by atoms with van der Waals surface area (Å²) in [6.45, 7) is 0. The summed E-state index contributed by atoms with van der Waals surface area (Å²) in [5.41, 5.74) is -5.65. The molecule has 0 aliphatic carbocycles. The summed E-state index contributed by atoms with van der Waals surface area (Å²) in [6, 6.07) is 0. The van der Waals surface area contributed by atoms with Crippen molar-refractivity contribution in [3.63, 3.8) is 0 Å². The summed E-state index contributed by atoms with van der Waals surface area (Å²) >= 11 is 0. The molecule has 1 N–H and O–H groups in total. The van der Waals surface area contributed by atoms with Crippen LogP contribution in [0.15, 0.2) is 0 Å². The molecule has 6 nitrogen and oxygen atoms in total. The molecule has 0 aromatic carbocycles. The van der Waals surface area contributed by atoms with E-state index >= 15 is 0 Å². The second-order valence-electron chi connectivity index (χ2n) is 2.66. The van der Waals surface area contributed by atoms with Gasteiger partial charge in [0.15, 0.2) is 0 Å². The summed E-state index contributed by atoms with van der Waals surface area (Å²) < 4.78 is 59.7. The second-order valence-corrected chi connectivity index (χ2v) is 4.20. The molecule has 0 saturated carbocycles. The molecule has 1 saturated heterocycles. The number of hydrogen-bond donors (Lipinski definition) is 1. The van der Waals surface area contributed by atoms with Gasteiger partial charge in [-0.3, -0.25) is 0 Å². The fourth-order valence-corrected chi connectivity index (χ4v) is 1.36. The lowest BCUT2D eigenvalue weighted by Gasteiger charge is -2.08. The molecule has 0 aromatic rings. The fraction of sp³-hybridized carbons (Fsp3) is 0.600. The van der Waals surface area contributed by atoms with Crippen molar-refractivity contribution in [2.45, 2.75) is 18.3 Å². The number of amides is 2. The van der Waals surface area contributed by atoms with Crippen LogP contribution in [-0.2, 0) is 24.0 Å². The topological polar surface area (TPSA) is 81.9 Å². The smallest absolute Gasteiger partial charge is 0.227 e. The minimum Gasteiger partial charge on any atom is -0.227 e. The zero-order chi connectivity index (χ0) is 11.9. The van der Waals surface area contributed by atoms with E-state index in [-0.39, 0.29) is 12.8 Å². The first-order valence-corrected chi connectivity index (χ1v) is 5.00. The van der Waals surface area contributed by atoms with Gasteiger partial charge in [-0.1, -0.05) is 4.28 Å². The molecule has 0 aromatic heterocycles. The number of hydrogen-bond acceptors (Lipinski definition) is 5. The number of quaternary nitrogens is 1. The van der Waals surface area contributed by atoms with Crippen LogP contribution in [0.1, 0.15) is 12.8 Å². The SMILES string of the molecule is O=C1CCC(=O)[NH+]1OS(=O)(=O)C(F)(F)F. The van der Waals surface area contributed by atoms with Crippen LogP contribution >= 0.6 is 0 Å². The Morgan fingerprint density at radius 3 is 1.87 bits per heavy atom. The normalized spacial score (nSPS) is 19.9. The van der Waals surface area contributed by atoms with Crippen LogP contribution in [-0.4, -0.2) is 25.7 Å². The molecule has 0 atom stereocenters. The summed E-state index contributed by atoms with van der Waals surface area (Å²) in [5.74, 6) is -2.07. The van der Waals surface area contributed by atoms with E-state index in [9.17, 15) is 31.2 Å². The highest BCUT2D eigenvalue weighted by atomic mass is 32.2. The largest absolute Gasteiger partial charge is 0.528 e. The van der Waals surface area contributed by atoms with E-state index in [1.807, 2.05) is 0 Å². The first-order valence-electron chi connectivity index (χ1n) is 3.59. The molecule has 1 fully saturated rings. The average molecular weight is 248 g/mol. The lowest BCUT2D eigenvalue weighted by atomic mass is 10.4. The molecule has 0 bridgehead atoms. The van der Waals surface area contributed by atoms with Gasteiger partial charge in [0, 0.05) is 0 Å². The number of nitrogens with one attached hydrogen (secondary N) is 1. The van der Waals surface area contributed by atoms with E-state index in [0.717, 1.165) is 0 Å². The lowest BCUT2D eigenvalue weighted by Crippen LogP contribution is -3.14. The van der Waals surface area contributed by atoms with Gasteiger partial charge in [-0.2, -0.15) is 21.6 Å². The first-order chi connectivity index (χ1) is 6.65. The van der Waals surface area contributed by atoms with E-state index in [1.54, 1.807) is 0 Å². The Morgan fingerprint density at radius 2 is 1.53 bits per heavy atom. The minimum atomic E-state index is -5.93. The maximum Gasteiger partial charge on any atom is 0.528 e. The molecule has 15 heavy (non-hydrogen) atoms. The van der Waals surface area contributed by atoms with Crippen molar-refractivity contribution in [1.29, 1.82) is 0 Å². The minimum absolute atomic E-state index is 0.332. The van der Waals surface area contributed by atoms with Crippen molar-refractivity contribution in [2.75, 3.05) is 0 Å². The van der Waals surface area contributed by atoms with Crippen LogP contribution in [0.25, 0.3) is 0 Å². The van der Waals surface area contributed by atoms with Crippen molar-refractivity contribution in [3.05, 3.63) is 0 Å². The van der Waals surface area contributed by atoms with Crippen molar-refractivity contribution in [1.82, 2.24) is 0 Å². The van der Waals surface area contributed by atoms with Crippen LogP contribution < -0.4 is 5.06 Å². The van der Waals surface area contributed by atoms with Gasteiger partial charge in [0.05, 0.1) is 12.8 Å². The molecule has 86 valence electrons. The third-order valence-corrected chi connectivity index (χ3v) is 2.52. The highest BCUT2D eigenvalue weighted by Gasteiger charge is 2.54. The predicted octanol–water partition coefficient (Wildman–Crippen LogP) is -1.50. The Balaban J connectivity index is 2.87. The number of carbonyl (C=O) groups excluding carboxylic acids is 2. The summed E-state index contributed by atoms with van der Waals surface area (Å²) in [5, 5.41) is -1.26. The zero-order valence-corrected chi connectivity index (χ0v) is 7.81. The Labute approximate surface area is 81.7 Å². The van der Waals surface area contributed by atoms with Gasteiger partial charge < -0.3 is 0 Å². The third kappa shape index (κ3) is 2.33. The Morgan fingerprint density at radius 1 is 1.13 bits per heavy atom. The summed E-state index contributed by atoms with van der Waals surface area (Å²) in [6.07, 6.45) is -0.664. The first kappa shape index (κ1) is 12.1. The van der Waals surface area contributed by atoms with Crippen LogP contribution in [0.4, 0.5) is 13.2 Å². The van der Waals surface area contributed by atoms with E-state index in [4.69, 9.17) is 0 Å². The number of carbonyl (C=O) groups is 2. The third-order valence-electron chi connectivity index (χ3n) is 1.56. The molecule has 0 unspecified atom stereocenters. The van der Waals surface area contributed by atoms with Gasteiger partial charge in [-0.15, -0.1) is 0 Å². The van der Waals surface area contributed by atoms with Crippen molar-refractivity contribution in [2.24, 2.45) is 0 Å². The predicted molar refractivity (Wildman–Crippen MR) is 36.3 cm³/mol. The Bertz CT molecular complexity index is 383. The standard InChI is InChI=1S/C5H4F3NO5S/c6-5(7,8)15(12,13)14-9-3(10)1-2-4(9)11/h1-2H2/p+1. The van der Waals surface area contributed by atoms with E-state index in [1.165, 1.54) is 0 Å². The van der Waals surface area contributed by atoms with Crippen LogP contribution in [0.5, 0.6) is 0 Å². The number of halogens is 3. The van der Waals surface area contributed by atoms with Gasteiger partial charge in [0.2, 0.25) is 0 Å². The molecule has 1 rings (SSSR count). The van der Waals surface area contributed by atoms with Crippen LogP contribution in [0.3, 0.4) is 0 Å². The molecule has 10 heteroatoms. The number of alkyl halides is 3. The van der Waals surface area contributed by atoms with Gasteiger partial charge in [0.1, 0.15) is 0 Å². The molecule has 0 radical (unpaired) electrons. The number of hydroxylamine groups is 2. The fourth-order valence-electron chi connectivity index (χ4n) is 0.860.